The summed E-state index contributed by atoms with van der Waals surface area (Å²) in [6.07, 6.45) is -5.85. The van der Waals surface area contributed by atoms with Crippen molar-refractivity contribution in [1.29, 1.82) is 0 Å². The summed E-state index contributed by atoms with van der Waals surface area (Å²) in [5.74, 6) is -1.61. The molecule has 0 radical (unpaired) electrons. The number of nitrogens with zero attached hydrogens (tertiary/aromatic N) is 1. The van der Waals surface area contributed by atoms with E-state index < -0.39 is 48.9 Å². The molecule has 31 heavy (non-hydrogen) atoms. The Labute approximate surface area is 180 Å². The first-order valence-corrected chi connectivity index (χ1v) is 9.85. The molecule has 166 valence electrons. The van der Waals surface area contributed by atoms with Crippen molar-refractivity contribution in [2.24, 2.45) is 0 Å². The second kappa shape index (κ2) is 8.34. The topological polar surface area (TPSA) is 115 Å². The summed E-state index contributed by atoms with van der Waals surface area (Å²) < 4.78 is 36.1. The van der Waals surface area contributed by atoms with E-state index in [9.17, 15) is 34.3 Å². The number of rotatable bonds is 4. The van der Waals surface area contributed by atoms with E-state index in [2.05, 4.69) is 0 Å². The Hall–Kier alpha value is -2.27. The van der Waals surface area contributed by atoms with Crippen LogP contribution in [0.1, 0.15) is 17.4 Å². The summed E-state index contributed by atoms with van der Waals surface area (Å²) >= 11 is 6.02. The van der Waals surface area contributed by atoms with Crippen LogP contribution in [-0.2, 0) is 11.2 Å². The van der Waals surface area contributed by atoms with Gasteiger partial charge in [0.15, 0.2) is 6.23 Å². The lowest BCUT2D eigenvalue weighted by molar-refractivity contribution is -0.250. The van der Waals surface area contributed by atoms with Gasteiger partial charge in [-0.1, -0.05) is 17.7 Å². The van der Waals surface area contributed by atoms with Gasteiger partial charge in [0.2, 0.25) is 0 Å². The lowest BCUT2D eigenvalue weighted by Gasteiger charge is -2.40. The van der Waals surface area contributed by atoms with Gasteiger partial charge in [0, 0.05) is 29.1 Å². The van der Waals surface area contributed by atoms with Crippen molar-refractivity contribution in [3.8, 4) is 5.75 Å². The van der Waals surface area contributed by atoms with Gasteiger partial charge in [-0.15, -0.1) is 0 Å². The third-order valence-electron chi connectivity index (χ3n) is 5.49. The van der Waals surface area contributed by atoms with Gasteiger partial charge in [-0.2, -0.15) is 0 Å². The van der Waals surface area contributed by atoms with Crippen molar-refractivity contribution in [3.05, 3.63) is 64.3 Å². The Morgan fingerprint density at radius 1 is 0.968 bits per heavy atom. The molecule has 0 saturated carbocycles. The number of aromatic nitrogens is 1. The van der Waals surface area contributed by atoms with Crippen LogP contribution >= 0.6 is 11.6 Å². The van der Waals surface area contributed by atoms with Crippen molar-refractivity contribution in [3.63, 3.8) is 0 Å². The molecule has 4 rings (SSSR count). The molecule has 0 unspecified atom stereocenters. The fourth-order valence-electron chi connectivity index (χ4n) is 3.92. The predicted molar refractivity (Wildman–Crippen MR) is 107 cm³/mol. The Morgan fingerprint density at radius 3 is 2.39 bits per heavy atom. The molecule has 5 N–H and O–H groups in total. The zero-order valence-electron chi connectivity index (χ0n) is 16.0. The van der Waals surface area contributed by atoms with Crippen LogP contribution in [0.3, 0.4) is 0 Å². The third-order valence-corrected chi connectivity index (χ3v) is 5.71. The van der Waals surface area contributed by atoms with Crippen molar-refractivity contribution in [2.45, 2.75) is 37.1 Å². The molecule has 0 amide bonds. The minimum atomic E-state index is -1.63. The maximum Gasteiger partial charge on any atom is 0.163 e. The van der Waals surface area contributed by atoms with Crippen LogP contribution in [0.2, 0.25) is 5.02 Å². The fraction of sp³-hybridized carbons (Fsp3) is 0.333. The van der Waals surface area contributed by atoms with E-state index in [4.69, 9.17) is 16.3 Å². The van der Waals surface area contributed by atoms with E-state index >= 15 is 0 Å². The van der Waals surface area contributed by atoms with Gasteiger partial charge in [-0.25, -0.2) is 8.78 Å². The van der Waals surface area contributed by atoms with Gasteiger partial charge in [0.25, 0.3) is 0 Å². The highest BCUT2D eigenvalue weighted by Gasteiger charge is 2.44. The monoisotopic (exact) mass is 455 g/mol. The first kappa shape index (κ1) is 21.9. The van der Waals surface area contributed by atoms with Gasteiger partial charge in [0.1, 0.15) is 41.8 Å². The van der Waals surface area contributed by atoms with Gasteiger partial charge in [-0.3, -0.25) is 0 Å². The molecule has 3 aromatic rings. The molecule has 1 aromatic heterocycles. The van der Waals surface area contributed by atoms with Crippen molar-refractivity contribution in [2.75, 3.05) is 6.61 Å². The molecule has 10 heteroatoms. The van der Waals surface area contributed by atoms with Crippen LogP contribution in [0.4, 0.5) is 8.78 Å². The van der Waals surface area contributed by atoms with Crippen LogP contribution in [0.5, 0.6) is 5.75 Å². The molecule has 1 aliphatic rings. The molecule has 1 aliphatic heterocycles. The highest BCUT2D eigenvalue weighted by atomic mass is 35.5. The van der Waals surface area contributed by atoms with E-state index in [0.29, 0.717) is 5.56 Å². The fourth-order valence-corrected chi connectivity index (χ4v) is 4.12. The number of hydrogen-bond acceptors (Lipinski definition) is 6. The van der Waals surface area contributed by atoms with E-state index in [1.807, 2.05) is 0 Å². The minimum Gasteiger partial charge on any atom is -0.508 e. The SMILES string of the molecule is OC[C@H]1O[C@@H](n2cc(Cc3ccc(O)cc3F)c3c(F)cc(Cl)cc32)[C@H](O)[C@@H](O)[C@@H]1O. The lowest BCUT2D eigenvalue weighted by atomic mass is 9.98. The molecule has 2 aromatic carbocycles. The number of phenols is 1. The second-order valence-corrected chi connectivity index (χ2v) is 7.95. The minimum absolute atomic E-state index is 0.0500. The molecule has 0 spiro atoms. The number of halogens is 3. The number of benzene rings is 2. The van der Waals surface area contributed by atoms with Crippen LogP contribution in [-0.4, -0.2) is 61.1 Å². The van der Waals surface area contributed by atoms with Gasteiger partial charge >= 0.3 is 0 Å². The Kier molecular flexibility index (Phi) is 5.91. The third kappa shape index (κ3) is 3.89. The quantitative estimate of drug-likeness (QED) is 0.410. The molecule has 5 atom stereocenters. The molecule has 0 bridgehead atoms. The highest BCUT2D eigenvalue weighted by Crippen LogP contribution is 2.36. The Balaban J connectivity index is 1.84. The zero-order chi connectivity index (χ0) is 22.4. The van der Waals surface area contributed by atoms with Gasteiger partial charge in [0.05, 0.1) is 12.1 Å². The first-order chi connectivity index (χ1) is 14.7. The lowest BCUT2D eigenvalue weighted by Crippen LogP contribution is -2.56. The van der Waals surface area contributed by atoms with Crippen molar-refractivity contribution in [1.82, 2.24) is 4.57 Å². The standard InChI is InChI=1S/C21H20ClF2NO6/c22-11-4-14(24)17-10(3-9-1-2-12(27)6-13(9)23)7-25(15(17)5-11)21-20(30)19(29)18(28)16(8-26)31-21/h1-2,4-7,16,18-21,26-30H,3,8H2/t16-,18-,19+,20-,21-/m1/s1. The van der Waals surface area contributed by atoms with E-state index in [1.165, 1.54) is 29.0 Å². The zero-order valence-corrected chi connectivity index (χ0v) is 16.7. The van der Waals surface area contributed by atoms with E-state index in [-0.39, 0.29) is 33.7 Å². The summed E-state index contributed by atoms with van der Waals surface area (Å²) in [6.45, 7) is -0.624. The number of aliphatic hydroxyl groups excluding tert-OH is 4. The summed E-state index contributed by atoms with van der Waals surface area (Å²) in [4.78, 5) is 0. The Morgan fingerprint density at radius 2 is 1.71 bits per heavy atom. The van der Waals surface area contributed by atoms with Crippen LogP contribution in [0.15, 0.2) is 36.5 Å². The van der Waals surface area contributed by atoms with Crippen LogP contribution < -0.4 is 0 Å². The first-order valence-electron chi connectivity index (χ1n) is 9.47. The summed E-state index contributed by atoms with van der Waals surface area (Å²) in [5.41, 5.74) is 0.745. The molecule has 1 fully saturated rings. The highest BCUT2D eigenvalue weighted by molar-refractivity contribution is 6.31. The molecular weight excluding hydrogens is 436 g/mol. The molecule has 2 heterocycles. The average Bonchev–Trinajstić information content (AvgIpc) is 3.07. The summed E-state index contributed by atoms with van der Waals surface area (Å²) in [6, 6.07) is 6.15. The molecule has 7 nitrogen and oxygen atoms in total. The average molecular weight is 456 g/mol. The van der Waals surface area contributed by atoms with Crippen LogP contribution in [0.25, 0.3) is 10.9 Å². The predicted octanol–water partition coefficient (Wildman–Crippen LogP) is 1.84. The largest absolute Gasteiger partial charge is 0.508 e. The maximum atomic E-state index is 14.9. The van der Waals surface area contributed by atoms with Gasteiger partial charge in [-0.05, 0) is 29.3 Å². The maximum absolute atomic E-state index is 14.9. The molecule has 0 aliphatic carbocycles. The van der Waals surface area contributed by atoms with Crippen LogP contribution in [0, 0.1) is 11.6 Å². The molecular formula is C21H20ClF2NO6. The summed E-state index contributed by atoms with van der Waals surface area (Å²) in [5, 5.41) is 49.7. The van der Waals surface area contributed by atoms with Crippen molar-refractivity contribution >= 4 is 22.5 Å². The number of phenolic OH excluding ortho intramolecular Hbond substituents is 1. The number of fused-ring (bicyclic) bond motifs is 1. The number of aromatic hydroxyl groups is 1. The summed E-state index contributed by atoms with van der Waals surface area (Å²) in [7, 11) is 0. The number of ether oxygens (including phenoxy) is 1. The van der Waals surface area contributed by atoms with Crippen molar-refractivity contribution < 1.29 is 39.1 Å². The van der Waals surface area contributed by atoms with E-state index in [1.54, 1.807) is 0 Å². The number of hydrogen-bond donors (Lipinski definition) is 5. The number of aliphatic hydroxyl groups is 4. The second-order valence-electron chi connectivity index (χ2n) is 7.52. The van der Waals surface area contributed by atoms with E-state index in [0.717, 1.165) is 12.1 Å². The normalized spacial score (nSPS) is 26.5. The van der Waals surface area contributed by atoms with Gasteiger partial charge < -0.3 is 34.8 Å². The smallest absolute Gasteiger partial charge is 0.163 e. The molecule has 1 saturated heterocycles. The Bertz CT molecular complexity index is 1120.